The summed E-state index contributed by atoms with van der Waals surface area (Å²) in [4.78, 5) is 0. The maximum atomic E-state index is 11.3. The first-order valence-corrected chi connectivity index (χ1v) is 8.37. The highest BCUT2D eigenvalue weighted by Gasteiger charge is 2.28. The van der Waals surface area contributed by atoms with E-state index < -0.39 is 6.36 Å². The van der Waals surface area contributed by atoms with Crippen molar-refractivity contribution in [2.45, 2.75) is 45.8 Å². The van der Waals surface area contributed by atoms with Crippen LogP contribution < -0.4 is 0 Å². The molecule has 0 saturated carbocycles. The van der Waals surface area contributed by atoms with Gasteiger partial charge in [0.25, 0.3) is 0 Å². The van der Waals surface area contributed by atoms with Gasteiger partial charge < -0.3 is 4.74 Å². The standard InChI is InChI=1S/C14H14O.C6H11F3O/c1-3-7-13(8-4-1)11-15-12-14-9-5-2-6-10-14;1-2-3-4-5-10-6(7,8)9/h1-10H,11-12H2;2-5H2,1H3. The van der Waals surface area contributed by atoms with E-state index in [1.54, 1.807) is 0 Å². The van der Waals surface area contributed by atoms with Crippen LogP contribution in [0.15, 0.2) is 60.7 Å². The Hall–Kier alpha value is -1.85. The number of hydrogen-bond donors (Lipinski definition) is 0. The Bertz CT molecular complexity index is 502. The lowest BCUT2D eigenvalue weighted by Gasteiger charge is -2.05. The molecular formula is C20H25F3O2. The molecule has 0 aliphatic heterocycles. The maximum Gasteiger partial charge on any atom is 0.522 e. The average Bonchev–Trinajstić information content (AvgIpc) is 2.60. The second kappa shape index (κ2) is 12.5. The van der Waals surface area contributed by atoms with Gasteiger partial charge in [-0.1, -0.05) is 80.4 Å². The summed E-state index contributed by atoms with van der Waals surface area (Å²) in [5.74, 6) is 0. The molecule has 0 aliphatic rings. The van der Waals surface area contributed by atoms with Crippen LogP contribution in [0.3, 0.4) is 0 Å². The van der Waals surface area contributed by atoms with E-state index in [4.69, 9.17) is 4.74 Å². The second-order valence-electron chi connectivity index (χ2n) is 5.47. The Kier molecular flexibility index (Phi) is 10.6. The summed E-state index contributed by atoms with van der Waals surface area (Å²) in [6.07, 6.45) is -2.28. The van der Waals surface area contributed by atoms with E-state index in [0.717, 1.165) is 12.8 Å². The van der Waals surface area contributed by atoms with Crippen LogP contribution in [0.4, 0.5) is 13.2 Å². The summed E-state index contributed by atoms with van der Waals surface area (Å²) in [6.45, 7) is 3.07. The number of benzene rings is 2. The molecular weight excluding hydrogens is 329 g/mol. The fraction of sp³-hybridized carbons (Fsp3) is 0.400. The average molecular weight is 354 g/mol. The van der Waals surface area contributed by atoms with Crippen LogP contribution in [0.1, 0.15) is 37.3 Å². The quantitative estimate of drug-likeness (QED) is 0.532. The molecule has 25 heavy (non-hydrogen) atoms. The lowest BCUT2D eigenvalue weighted by Crippen LogP contribution is -2.13. The van der Waals surface area contributed by atoms with E-state index in [1.807, 2.05) is 43.3 Å². The fourth-order valence-electron chi connectivity index (χ4n) is 1.98. The number of rotatable bonds is 8. The zero-order chi connectivity index (χ0) is 18.4. The Morgan fingerprint density at radius 1 is 0.760 bits per heavy atom. The molecule has 0 spiro atoms. The Morgan fingerprint density at radius 2 is 1.24 bits per heavy atom. The van der Waals surface area contributed by atoms with Gasteiger partial charge in [0.1, 0.15) is 0 Å². The Balaban J connectivity index is 0.000000275. The molecule has 0 unspecified atom stereocenters. The van der Waals surface area contributed by atoms with Crippen LogP contribution in [0.25, 0.3) is 0 Å². The van der Waals surface area contributed by atoms with Gasteiger partial charge >= 0.3 is 6.36 Å². The van der Waals surface area contributed by atoms with Crippen molar-refractivity contribution in [1.82, 2.24) is 0 Å². The predicted octanol–water partition coefficient (Wildman–Crippen LogP) is 6.12. The number of alkyl halides is 3. The van der Waals surface area contributed by atoms with E-state index in [-0.39, 0.29) is 6.61 Å². The van der Waals surface area contributed by atoms with Crippen LogP contribution in [-0.2, 0) is 22.7 Å². The smallest absolute Gasteiger partial charge is 0.372 e. The minimum absolute atomic E-state index is 0.211. The SMILES string of the molecule is CCCCCOC(F)(F)F.c1ccc(COCc2ccccc2)cc1. The van der Waals surface area contributed by atoms with Gasteiger partial charge in [0.05, 0.1) is 19.8 Å². The van der Waals surface area contributed by atoms with Crippen molar-refractivity contribution in [3.05, 3.63) is 71.8 Å². The molecule has 0 radical (unpaired) electrons. The van der Waals surface area contributed by atoms with E-state index in [2.05, 4.69) is 29.0 Å². The molecule has 2 nitrogen and oxygen atoms in total. The molecule has 0 atom stereocenters. The van der Waals surface area contributed by atoms with Crippen molar-refractivity contribution >= 4 is 0 Å². The number of unbranched alkanes of at least 4 members (excludes halogenated alkanes) is 2. The molecule has 2 aromatic carbocycles. The van der Waals surface area contributed by atoms with Crippen molar-refractivity contribution < 1.29 is 22.6 Å². The molecule has 0 saturated heterocycles. The topological polar surface area (TPSA) is 18.5 Å². The van der Waals surface area contributed by atoms with Gasteiger partial charge in [0, 0.05) is 0 Å². The third-order valence-electron chi connectivity index (χ3n) is 3.24. The first-order valence-electron chi connectivity index (χ1n) is 8.37. The summed E-state index contributed by atoms with van der Waals surface area (Å²) < 4.78 is 42.9. The first-order chi connectivity index (χ1) is 12.0. The van der Waals surface area contributed by atoms with Gasteiger partial charge in [-0.15, -0.1) is 13.2 Å². The summed E-state index contributed by atoms with van der Waals surface area (Å²) >= 11 is 0. The molecule has 0 heterocycles. The third-order valence-corrected chi connectivity index (χ3v) is 3.24. The van der Waals surface area contributed by atoms with Crippen LogP contribution in [0.5, 0.6) is 0 Å². The van der Waals surface area contributed by atoms with E-state index in [1.165, 1.54) is 11.1 Å². The minimum atomic E-state index is -4.45. The third kappa shape index (κ3) is 12.2. The molecule has 138 valence electrons. The fourth-order valence-corrected chi connectivity index (χ4v) is 1.98. The summed E-state index contributed by atoms with van der Waals surface area (Å²) in [5, 5.41) is 0. The summed E-state index contributed by atoms with van der Waals surface area (Å²) in [7, 11) is 0. The van der Waals surface area contributed by atoms with Gasteiger partial charge in [0.2, 0.25) is 0 Å². The zero-order valence-corrected chi connectivity index (χ0v) is 14.5. The predicted molar refractivity (Wildman–Crippen MR) is 92.9 cm³/mol. The van der Waals surface area contributed by atoms with Crippen LogP contribution in [0, 0.1) is 0 Å². The normalized spacial score (nSPS) is 10.9. The van der Waals surface area contributed by atoms with Crippen molar-refractivity contribution in [2.24, 2.45) is 0 Å². The lowest BCUT2D eigenvalue weighted by molar-refractivity contribution is -0.324. The largest absolute Gasteiger partial charge is 0.522 e. The zero-order valence-electron chi connectivity index (χ0n) is 14.5. The van der Waals surface area contributed by atoms with Crippen molar-refractivity contribution in [1.29, 1.82) is 0 Å². The molecule has 0 aromatic heterocycles. The highest BCUT2D eigenvalue weighted by atomic mass is 19.4. The van der Waals surface area contributed by atoms with Crippen molar-refractivity contribution in [3.63, 3.8) is 0 Å². The van der Waals surface area contributed by atoms with E-state index >= 15 is 0 Å². The van der Waals surface area contributed by atoms with Crippen LogP contribution in [-0.4, -0.2) is 13.0 Å². The molecule has 0 N–H and O–H groups in total. The van der Waals surface area contributed by atoms with Gasteiger partial charge in [-0.05, 0) is 17.5 Å². The number of halogens is 3. The van der Waals surface area contributed by atoms with Gasteiger partial charge in [-0.3, -0.25) is 4.74 Å². The molecule has 0 fully saturated rings. The second-order valence-corrected chi connectivity index (χ2v) is 5.47. The van der Waals surface area contributed by atoms with E-state index in [0.29, 0.717) is 19.6 Å². The first kappa shape index (κ1) is 21.2. The summed E-state index contributed by atoms with van der Waals surface area (Å²) in [5.41, 5.74) is 2.43. The molecule has 2 rings (SSSR count). The molecule has 2 aromatic rings. The van der Waals surface area contributed by atoms with Crippen LogP contribution in [0.2, 0.25) is 0 Å². The Labute approximate surface area is 147 Å². The Morgan fingerprint density at radius 3 is 1.64 bits per heavy atom. The number of ether oxygens (including phenoxy) is 2. The molecule has 0 aliphatic carbocycles. The van der Waals surface area contributed by atoms with E-state index in [9.17, 15) is 13.2 Å². The van der Waals surface area contributed by atoms with Gasteiger partial charge in [-0.25, -0.2) is 0 Å². The van der Waals surface area contributed by atoms with Crippen LogP contribution >= 0.6 is 0 Å². The van der Waals surface area contributed by atoms with Gasteiger partial charge in [-0.2, -0.15) is 0 Å². The number of hydrogen-bond acceptors (Lipinski definition) is 2. The molecule has 0 amide bonds. The molecule has 5 heteroatoms. The summed E-state index contributed by atoms with van der Waals surface area (Å²) in [6, 6.07) is 20.4. The minimum Gasteiger partial charge on any atom is -0.372 e. The highest BCUT2D eigenvalue weighted by molar-refractivity contribution is 5.15. The van der Waals surface area contributed by atoms with Crippen molar-refractivity contribution in [2.75, 3.05) is 6.61 Å². The lowest BCUT2D eigenvalue weighted by atomic mass is 10.2. The van der Waals surface area contributed by atoms with Gasteiger partial charge in [0.15, 0.2) is 0 Å². The highest BCUT2D eigenvalue weighted by Crippen LogP contribution is 2.16. The molecule has 0 bridgehead atoms. The van der Waals surface area contributed by atoms with Crippen molar-refractivity contribution in [3.8, 4) is 0 Å². The monoisotopic (exact) mass is 354 g/mol. The maximum absolute atomic E-state index is 11.3.